The van der Waals surface area contributed by atoms with Crippen LogP contribution in [0, 0.1) is 0 Å². The maximum Gasteiger partial charge on any atom is 0.119 e. The van der Waals surface area contributed by atoms with E-state index in [9.17, 15) is 0 Å². The molecule has 5 nitrogen and oxygen atoms in total. The lowest BCUT2D eigenvalue weighted by atomic mass is 10.3. The van der Waals surface area contributed by atoms with Crippen LogP contribution in [0.4, 0.5) is 0 Å². The summed E-state index contributed by atoms with van der Waals surface area (Å²) in [5.41, 5.74) is 6.21. The molecule has 0 aliphatic heterocycles. The van der Waals surface area contributed by atoms with Crippen molar-refractivity contribution in [1.82, 2.24) is 15.0 Å². The van der Waals surface area contributed by atoms with Crippen LogP contribution in [-0.4, -0.2) is 21.6 Å². The van der Waals surface area contributed by atoms with Crippen molar-refractivity contribution < 1.29 is 4.74 Å². The Hall–Kier alpha value is -1.59. The molecule has 2 rings (SSSR count). The summed E-state index contributed by atoms with van der Waals surface area (Å²) in [6.45, 7) is 1.56. The molecule has 0 fully saturated rings. The van der Waals surface area contributed by atoms with Crippen LogP contribution in [0.1, 0.15) is 5.69 Å². The fourth-order valence-corrected chi connectivity index (χ4v) is 1.46. The summed E-state index contributed by atoms with van der Waals surface area (Å²) in [4.78, 5) is 0. The molecule has 1 aromatic heterocycles. The van der Waals surface area contributed by atoms with Crippen molar-refractivity contribution in [3.05, 3.63) is 41.2 Å². The lowest BCUT2D eigenvalue weighted by molar-refractivity contribution is 0.289. The highest BCUT2D eigenvalue weighted by molar-refractivity contribution is 6.30. The Balaban J connectivity index is 1.81. The van der Waals surface area contributed by atoms with Crippen molar-refractivity contribution >= 4 is 11.6 Å². The summed E-state index contributed by atoms with van der Waals surface area (Å²) >= 11 is 5.77. The van der Waals surface area contributed by atoms with Crippen molar-refractivity contribution in [3.63, 3.8) is 0 Å². The molecule has 0 saturated heterocycles. The van der Waals surface area contributed by atoms with Crippen LogP contribution in [0.5, 0.6) is 5.75 Å². The Morgan fingerprint density at radius 1 is 1.29 bits per heavy atom. The first-order valence-electron chi connectivity index (χ1n) is 5.25. The smallest absolute Gasteiger partial charge is 0.119 e. The van der Waals surface area contributed by atoms with Gasteiger partial charge in [-0.25, -0.2) is 4.68 Å². The van der Waals surface area contributed by atoms with E-state index in [1.54, 1.807) is 16.8 Å². The molecule has 0 unspecified atom stereocenters. The van der Waals surface area contributed by atoms with Gasteiger partial charge in [-0.3, -0.25) is 0 Å². The minimum absolute atomic E-state index is 0.401. The normalized spacial score (nSPS) is 10.5. The Morgan fingerprint density at radius 3 is 2.71 bits per heavy atom. The molecule has 0 saturated carbocycles. The van der Waals surface area contributed by atoms with Gasteiger partial charge >= 0.3 is 0 Å². The fourth-order valence-electron chi connectivity index (χ4n) is 1.33. The summed E-state index contributed by atoms with van der Waals surface area (Å²) in [6.07, 6.45) is 1.81. The molecular formula is C11H13ClN4O. The maximum absolute atomic E-state index is 5.77. The summed E-state index contributed by atoms with van der Waals surface area (Å²) in [5.74, 6) is 0.786. The number of aromatic nitrogens is 3. The number of halogens is 1. The average Bonchev–Trinajstić information content (AvgIpc) is 2.80. The molecular weight excluding hydrogens is 240 g/mol. The molecule has 1 aromatic carbocycles. The molecule has 0 aliphatic rings. The van der Waals surface area contributed by atoms with E-state index >= 15 is 0 Å². The van der Waals surface area contributed by atoms with Gasteiger partial charge in [0.15, 0.2) is 0 Å². The first-order chi connectivity index (χ1) is 8.28. The van der Waals surface area contributed by atoms with Gasteiger partial charge in [0, 0.05) is 17.8 Å². The Morgan fingerprint density at radius 2 is 2.06 bits per heavy atom. The largest absolute Gasteiger partial charge is 0.492 e. The van der Waals surface area contributed by atoms with Crippen molar-refractivity contribution in [2.45, 2.75) is 13.1 Å². The number of hydrogen-bond acceptors (Lipinski definition) is 4. The summed E-state index contributed by atoms with van der Waals surface area (Å²) in [6, 6.07) is 7.24. The molecule has 2 N–H and O–H groups in total. The minimum atomic E-state index is 0.401. The predicted octanol–water partition coefficient (Wildman–Crippen LogP) is 1.47. The highest BCUT2D eigenvalue weighted by Gasteiger charge is 1.99. The molecule has 90 valence electrons. The monoisotopic (exact) mass is 252 g/mol. The predicted molar refractivity (Wildman–Crippen MR) is 64.9 cm³/mol. The number of ether oxygens (including phenoxy) is 1. The van der Waals surface area contributed by atoms with E-state index in [0.717, 1.165) is 11.4 Å². The van der Waals surface area contributed by atoms with Crippen LogP contribution in [0.2, 0.25) is 5.02 Å². The first kappa shape index (κ1) is 11.9. The number of nitrogens with zero attached hydrogens (tertiary/aromatic N) is 3. The highest BCUT2D eigenvalue weighted by atomic mass is 35.5. The molecule has 1 heterocycles. The summed E-state index contributed by atoms with van der Waals surface area (Å²) in [7, 11) is 0. The Bertz CT molecular complexity index is 469. The lowest BCUT2D eigenvalue weighted by Crippen LogP contribution is -2.08. The Labute approximate surface area is 104 Å². The van der Waals surface area contributed by atoms with Crippen LogP contribution in [0.15, 0.2) is 30.5 Å². The van der Waals surface area contributed by atoms with Gasteiger partial charge in [-0.1, -0.05) is 16.8 Å². The third kappa shape index (κ3) is 3.44. The van der Waals surface area contributed by atoms with Crippen molar-refractivity contribution in [2.75, 3.05) is 6.61 Å². The van der Waals surface area contributed by atoms with E-state index in [1.165, 1.54) is 0 Å². The van der Waals surface area contributed by atoms with Crippen molar-refractivity contribution in [3.8, 4) is 5.75 Å². The summed E-state index contributed by atoms with van der Waals surface area (Å²) in [5, 5.41) is 8.50. The topological polar surface area (TPSA) is 66.0 Å². The second-order valence-corrected chi connectivity index (χ2v) is 3.92. The zero-order valence-corrected chi connectivity index (χ0v) is 9.97. The second-order valence-electron chi connectivity index (χ2n) is 3.48. The highest BCUT2D eigenvalue weighted by Crippen LogP contribution is 2.15. The van der Waals surface area contributed by atoms with E-state index in [0.29, 0.717) is 24.7 Å². The quantitative estimate of drug-likeness (QED) is 0.875. The van der Waals surface area contributed by atoms with E-state index in [1.807, 2.05) is 18.3 Å². The van der Waals surface area contributed by atoms with E-state index in [-0.39, 0.29) is 0 Å². The molecule has 0 bridgehead atoms. The molecule has 0 atom stereocenters. The number of benzene rings is 1. The number of nitrogens with two attached hydrogens (primary N) is 1. The zero-order chi connectivity index (χ0) is 12.1. The van der Waals surface area contributed by atoms with Gasteiger partial charge in [0.1, 0.15) is 12.4 Å². The van der Waals surface area contributed by atoms with Crippen LogP contribution in [-0.2, 0) is 13.1 Å². The minimum Gasteiger partial charge on any atom is -0.492 e. The SMILES string of the molecule is NCc1cn(CCOc2ccc(Cl)cc2)nn1. The molecule has 0 spiro atoms. The lowest BCUT2D eigenvalue weighted by Gasteiger charge is -2.05. The molecule has 17 heavy (non-hydrogen) atoms. The van der Waals surface area contributed by atoms with E-state index in [4.69, 9.17) is 22.1 Å². The Kier molecular flexibility index (Phi) is 3.95. The van der Waals surface area contributed by atoms with Gasteiger partial charge < -0.3 is 10.5 Å². The third-order valence-corrected chi connectivity index (χ3v) is 2.45. The molecule has 0 amide bonds. The zero-order valence-electron chi connectivity index (χ0n) is 9.21. The van der Waals surface area contributed by atoms with Crippen LogP contribution in [0.25, 0.3) is 0 Å². The van der Waals surface area contributed by atoms with Gasteiger partial charge in [-0.2, -0.15) is 0 Å². The molecule has 0 aliphatic carbocycles. The van der Waals surface area contributed by atoms with Crippen molar-refractivity contribution in [2.24, 2.45) is 5.73 Å². The van der Waals surface area contributed by atoms with Gasteiger partial charge in [0.2, 0.25) is 0 Å². The van der Waals surface area contributed by atoms with E-state index in [2.05, 4.69) is 10.3 Å². The van der Waals surface area contributed by atoms with Crippen LogP contribution >= 0.6 is 11.6 Å². The number of hydrogen-bond donors (Lipinski definition) is 1. The summed E-state index contributed by atoms with van der Waals surface area (Å²) < 4.78 is 7.24. The third-order valence-electron chi connectivity index (χ3n) is 2.20. The molecule has 0 radical (unpaired) electrons. The van der Waals surface area contributed by atoms with Crippen LogP contribution in [0.3, 0.4) is 0 Å². The van der Waals surface area contributed by atoms with Crippen molar-refractivity contribution in [1.29, 1.82) is 0 Å². The molecule has 2 aromatic rings. The average molecular weight is 253 g/mol. The van der Waals surface area contributed by atoms with Gasteiger partial charge in [-0.05, 0) is 24.3 Å². The van der Waals surface area contributed by atoms with Gasteiger partial charge in [0.05, 0.1) is 12.2 Å². The fraction of sp³-hybridized carbons (Fsp3) is 0.273. The molecule has 6 heteroatoms. The maximum atomic E-state index is 5.77. The van der Waals surface area contributed by atoms with E-state index < -0.39 is 0 Å². The van der Waals surface area contributed by atoms with Gasteiger partial charge in [-0.15, -0.1) is 5.10 Å². The second kappa shape index (κ2) is 5.65. The first-order valence-corrected chi connectivity index (χ1v) is 5.63. The number of rotatable bonds is 5. The standard InChI is InChI=1S/C11H13ClN4O/c12-9-1-3-11(4-2-9)17-6-5-16-8-10(7-13)14-15-16/h1-4,8H,5-7,13H2. The van der Waals surface area contributed by atoms with Crippen LogP contribution < -0.4 is 10.5 Å². The van der Waals surface area contributed by atoms with Gasteiger partial charge in [0.25, 0.3) is 0 Å².